The molecule has 0 bridgehead atoms. The van der Waals surface area contributed by atoms with Gasteiger partial charge in [-0.15, -0.1) is 0 Å². The predicted molar refractivity (Wildman–Crippen MR) is 163 cm³/mol. The summed E-state index contributed by atoms with van der Waals surface area (Å²) in [5.74, 6) is 1.62. The summed E-state index contributed by atoms with van der Waals surface area (Å²) in [4.78, 5) is 46.4. The molecule has 4 heterocycles. The Balaban J connectivity index is 1.28. The number of fused-ring (bicyclic) bond motifs is 1. The van der Waals surface area contributed by atoms with Gasteiger partial charge in [0, 0.05) is 68.8 Å². The molecule has 3 amide bonds. The van der Waals surface area contributed by atoms with Crippen LogP contribution in [0.4, 0.5) is 27.9 Å². The maximum Gasteiger partial charge on any atom is 0.326 e. The van der Waals surface area contributed by atoms with Gasteiger partial charge in [0.1, 0.15) is 11.6 Å². The van der Waals surface area contributed by atoms with Crippen molar-refractivity contribution in [3.63, 3.8) is 0 Å². The van der Waals surface area contributed by atoms with Gasteiger partial charge in [0.2, 0.25) is 11.9 Å². The fourth-order valence-corrected chi connectivity index (χ4v) is 6.71. The fourth-order valence-electron chi connectivity index (χ4n) is 6.71. The van der Waals surface area contributed by atoms with Crippen LogP contribution < -0.4 is 19.9 Å². The van der Waals surface area contributed by atoms with Crippen LogP contribution in [0.1, 0.15) is 44.1 Å². The highest BCUT2D eigenvalue weighted by Crippen LogP contribution is 2.37. The summed E-state index contributed by atoms with van der Waals surface area (Å²) in [6.07, 6.45) is 9.41. The zero-order chi connectivity index (χ0) is 29.2. The summed E-state index contributed by atoms with van der Waals surface area (Å²) in [6.45, 7) is 9.19. The van der Waals surface area contributed by atoms with Gasteiger partial charge in [-0.25, -0.2) is 9.78 Å². The monoisotopic (exact) mass is 574 g/mol. The third-order valence-electron chi connectivity index (χ3n) is 9.19. The lowest BCUT2D eigenvalue weighted by Crippen LogP contribution is -2.56. The lowest BCUT2D eigenvalue weighted by Gasteiger charge is -2.43. The Morgan fingerprint density at radius 1 is 1.07 bits per heavy atom. The molecule has 224 valence electrons. The van der Waals surface area contributed by atoms with Crippen molar-refractivity contribution >= 4 is 35.1 Å². The molecule has 1 aromatic heterocycles. The Morgan fingerprint density at radius 3 is 2.60 bits per heavy atom. The summed E-state index contributed by atoms with van der Waals surface area (Å²) in [5.41, 5.74) is 2.81. The van der Waals surface area contributed by atoms with Crippen molar-refractivity contribution in [2.75, 3.05) is 68.5 Å². The van der Waals surface area contributed by atoms with Gasteiger partial charge in [-0.05, 0) is 44.5 Å². The number of piperazine rings is 1. The van der Waals surface area contributed by atoms with Gasteiger partial charge >= 0.3 is 6.03 Å². The zero-order valence-corrected chi connectivity index (χ0v) is 24.8. The van der Waals surface area contributed by atoms with E-state index in [2.05, 4.69) is 39.8 Å². The minimum absolute atomic E-state index is 0.0222. The zero-order valence-electron chi connectivity index (χ0n) is 24.8. The van der Waals surface area contributed by atoms with E-state index in [0.29, 0.717) is 43.6 Å². The van der Waals surface area contributed by atoms with Crippen LogP contribution in [0.3, 0.4) is 0 Å². The lowest BCUT2D eigenvalue weighted by molar-refractivity contribution is -0.125. The van der Waals surface area contributed by atoms with Crippen LogP contribution in [0, 0.1) is 0 Å². The average molecular weight is 575 g/mol. The molecule has 42 heavy (non-hydrogen) atoms. The van der Waals surface area contributed by atoms with Gasteiger partial charge in [-0.2, -0.15) is 4.98 Å². The predicted octanol–water partition coefficient (Wildman–Crippen LogP) is 3.84. The first-order valence-corrected chi connectivity index (χ1v) is 15.2. The van der Waals surface area contributed by atoms with Gasteiger partial charge in [0.05, 0.1) is 25.4 Å². The Morgan fingerprint density at radius 2 is 1.86 bits per heavy atom. The summed E-state index contributed by atoms with van der Waals surface area (Å²) < 4.78 is 5.76. The van der Waals surface area contributed by atoms with E-state index >= 15 is 0 Å². The molecule has 3 aliphatic heterocycles. The second-order valence-electron chi connectivity index (χ2n) is 11.8. The van der Waals surface area contributed by atoms with Crippen LogP contribution in [0.5, 0.6) is 5.75 Å². The standard InChI is InChI=1S/C31H42N8O3/c1-4-28(40)37-13-12-25(21-37)39-29-22(20-38(31(39)41)23-8-6-5-7-9-23)19-32-30(34-29)33-26-11-10-24(18-27(26)42-3)36-16-14-35(2)15-17-36/h4,10-11,18-19,23,25H,1,5-9,12-17,20-21H2,2-3H3,(H,32,33,34)/t25-/m0/s1. The largest absolute Gasteiger partial charge is 0.494 e. The molecular weight excluding hydrogens is 532 g/mol. The number of likely N-dealkylation sites (N-methyl/N-ethyl adjacent to an activating group) is 1. The number of urea groups is 1. The number of anilines is 4. The number of benzene rings is 1. The van der Waals surface area contributed by atoms with Crippen LogP contribution >= 0.6 is 0 Å². The van der Waals surface area contributed by atoms with E-state index < -0.39 is 0 Å². The van der Waals surface area contributed by atoms with Crippen LogP contribution in [0.25, 0.3) is 0 Å². The number of nitrogens with zero attached hydrogens (tertiary/aromatic N) is 7. The van der Waals surface area contributed by atoms with Crippen molar-refractivity contribution in [1.29, 1.82) is 0 Å². The van der Waals surface area contributed by atoms with Crippen LogP contribution in [-0.2, 0) is 11.3 Å². The molecule has 0 radical (unpaired) electrons. The minimum atomic E-state index is -0.160. The van der Waals surface area contributed by atoms with Gasteiger partial charge < -0.3 is 29.7 Å². The Hall–Kier alpha value is -3.86. The third-order valence-corrected chi connectivity index (χ3v) is 9.19. The van der Waals surface area contributed by atoms with Gasteiger partial charge in [0.25, 0.3) is 0 Å². The number of carbonyl (C=O) groups is 2. The van der Waals surface area contributed by atoms with E-state index in [9.17, 15) is 9.59 Å². The van der Waals surface area contributed by atoms with Crippen molar-refractivity contribution in [2.24, 2.45) is 0 Å². The summed E-state index contributed by atoms with van der Waals surface area (Å²) >= 11 is 0. The Kier molecular flexibility index (Phi) is 8.19. The van der Waals surface area contributed by atoms with Crippen LogP contribution in [0.2, 0.25) is 0 Å². The van der Waals surface area contributed by atoms with Crippen LogP contribution in [-0.4, -0.2) is 102 Å². The number of rotatable bonds is 7. The molecule has 2 aromatic rings. The number of carbonyl (C=O) groups excluding carboxylic acids is 2. The van der Waals surface area contributed by atoms with Crippen molar-refractivity contribution < 1.29 is 14.3 Å². The third kappa shape index (κ3) is 5.62. The summed E-state index contributed by atoms with van der Waals surface area (Å²) in [7, 11) is 3.81. The second kappa shape index (κ2) is 12.2. The number of likely N-dealkylation sites (tertiary alicyclic amines) is 1. The molecule has 2 saturated heterocycles. The van der Waals surface area contributed by atoms with Crippen molar-refractivity contribution in [3.05, 3.63) is 42.6 Å². The highest BCUT2D eigenvalue weighted by atomic mass is 16.5. The first-order valence-electron chi connectivity index (χ1n) is 15.2. The molecule has 6 rings (SSSR count). The summed E-state index contributed by atoms with van der Waals surface area (Å²) in [5, 5.41) is 3.34. The lowest BCUT2D eigenvalue weighted by atomic mass is 9.93. The number of hydrogen-bond donors (Lipinski definition) is 1. The molecule has 1 atom stereocenters. The minimum Gasteiger partial charge on any atom is -0.494 e. The first kappa shape index (κ1) is 28.3. The van der Waals surface area contributed by atoms with Gasteiger partial charge in [0.15, 0.2) is 0 Å². The highest BCUT2D eigenvalue weighted by molar-refractivity contribution is 5.95. The quantitative estimate of drug-likeness (QED) is 0.499. The van der Waals surface area contributed by atoms with E-state index in [1.54, 1.807) is 12.0 Å². The van der Waals surface area contributed by atoms with Crippen molar-refractivity contribution in [3.8, 4) is 5.75 Å². The van der Waals surface area contributed by atoms with E-state index in [1.807, 2.05) is 28.1 Å². The highest BCUT2D eigenvalue weighted by Gasteiger charge is 2.42. The molecule has 3 fully saturated rings. The maximum atomic E-state index is 14.1. The van der Waals surface area contributed by atoms with Gasteiger partial charge in [-0.3, -0.25) is 9.69 Å². The van der Waals surface area contributed by atoms with E-state index in [4.69, 9.17) is 9.72 Å². The van der Waals surface area contributed by atoms with Crippen molar-refractivity contribution in [2.45, 2.75) is 57.2 Å². The maximum absolute atomic E-state index is 14.1. The molecule has 11 nitrogen and oxygen atoms in total. The average Bonchev–Trinajstić information content (AvgIpc) is 3.51. The fraction of sp³-hybridized carbons (Fsp3) is 0.548. The van der Waals surface area contributed by atoms with Crippen LogP contribution in [0.15, 0.2) is 37.1 Å². The number of nitrogens with one attached hydrogen (secondary N) is 1. The molecular formula is C31H42N8O3. The number of hydrogen-bond acceptors (Lipinski definition) is 8. The number of methoxy groups -OCH3 is 1. The summed E-state index contributed by atoms with van der Waals surface area (Å²) in [6, 6.07) is 6.18. The Labute approximate surface area is 248 Å². The molecule has 1 aromatic carbocycles. The molecule has 1 saturated carbocycles. The van der Waals surface area contributed by atoms with E-state index in [-0.39, 0.29) is 24.0 Å². The molecule has 11 heteroatoms. The molecule has 4 aliphatic rings. The second-order valence-corrected chi connectivity index (χ2v) is 11.8. The normalized spacial score (nSPS) is 21.9. The van der Waals surface area contributed by atoms with Crippen molar-refractivity contribution in [1.82, 2.24) is 24.7 Å². The number of ether oxygens (including phenoxy) is 1. The topological polar surface area (TPSA) is 97.4 Å². The molecule has 0 unspecified atom stereocenters. The van der Waals surface area contributed by atoms with E-state index in [1.165, 1.54) is 12.5 Å². The molecule has 1 N–H and O–H groups in total. The smallest absolute Gasteiger partial charge is 0.326 e. The molecule has 1 aliphatic carbocycles. The number of amides is 3. The first-order chi connectivity index (χ1) is 20.4. The SMILES string of the molecule is C=CC(=O)N1CC[C@H](N2C(=O)N(C3CCCCC3)Cc3cnc(Nc4ccc(N5CCN(C)CC5)cc4OC)nc32)C1. The van der Waals surface area contributed by atoms with E-state index in [0.717, 1.165) is 68.8 Å². The Bertz CT molecular complexity index is 1320. The van der Waals surface area contributed by atoms with Gasteiger partial charge in [-0.1, -0.05) is 25.8 Å². The number of aromatic nitrogens is 2. The molecule has 0 spiro atoms.